The number of sulfonamides is 1. The third-order valence-corrected chi connectivity index (χ3v) is 10.7. The van der Waals surface area contributed by atoms with Gasteiger partial charge in [-0.15, -0.1) is 0 Å². The second-order valence-corrected chi connectivity index (χ2v) is 16.1. The fraction of sp³-hybridized carbons (Fsp3) is 0.283. The number of aryl methyl sites for hydroxylation is 1. The number of hydrogen-bond donors (Lipinski definition) is 2. The molecule has 6 aromatic rings. The minimum atomic E-state index is -3.60. The lowest BCUT2D eigenvalue weighted by Gasteiger charge is -2.24. The Balaban J connectivity index is 1.24. The molecule has 0 fully saturated rings. The predicted octanol–water partition coefficient (Wildman–Crippen LogP) is 11.9. The van der Waals surface area contributed by atoms with Crippen LogP contribution in [-0.2, 0) is 16.4 Å². The van der Waals surface area contributed by atoms with Crippen LogP contribution in [0.2, 0.25) is 0 Å². The number of rotatable bonds is 18. The third-order valence-electron chi connectivity index (χ3n) is 10.1. The Hall–Kier alpha value is -5.54. The highest BCUT2D eigenvalue weighted by molar-refractivity contribution is 7.92. The van der Waals surface area contributed by atoms with Crippen molar-refractivity contribution in [2.24, 2.45) is 0 Å². The van der Waals surface area contributed by atoms with Gasteiger partial charge in [-0.3, -0.25) is 9.52 Å². The quantitative estimate of drug-likeness (QED) is 0.0840. The van der Waals surface area contributed by atoms with E-state index in [0.717, 1.165) is 24.8 Å². The fourth-order valence-electron chi connectivity index (χ4n) is 7.34. The molecule has 5 aromatic carbocycles. The number of carbonyl (C=O) groups is 1. The summed E-state index contributed by atoms with van der Waals surface area (Å²) in [5.41, 5.74) is 6.13. The summed E-state index contributed by atoms with van der Waals surface area (Å²) in [6.07, 6.45) is 15.2. The van der Waals surface area contributed by atoms with E-state index < -0.39 is 10.0 Å². The highest BCUT2D eigenvalue weighted by atomic mass is 32.2. The van der Waals surface area contributed by atoms with Crippen LogP contribution in [0.1, 0.15) is 92.6 Å². The minimum Gasteiger partial charge on any atom is -0.455 e. The summed E-state index contributed by atoms with van der Waals surface area (Å²) >= 11 is 0. The summed E-state index contributed by atoms with van der Waals surface area (Å²) in [4.78, 5) is 24.5. The van der Waals surface area contributed by atoms with Crippen molar-refractivity contribution in [2.75, 3.05) is 16.3 Å². The van der Waals surface area contributed by atoms with Gasteiger partial charge in [0.1, 0.15) is 11.3 Å². The first-order chi connectivity index (χ1) is 26.8. The molecule has 2 N–H and O–H groups in total. The molecule has 1 aromatic heterocycles. The van der Waals surface area contributed by atoms with Gasteiger partial charge in [0.2, 0.25) is 10.0 Å². The molecule has 0 atom stereocenters. The molecule has 0 radical (unpaired) electrons. The maximum Gasteiger partial charge on any atom is 0.229 e. The highest BCUT2D eigenvalue weighted by Gasteiger charge is 2.32. The van der Waals surface area contributed by atoms with Crippen LogP contribution in [-0.4, -0.2) is 30.4 Å². The second-order valence-electron chi connectivity index (χ2n) is 14.4. The van der Waals surface area contributed by atoms with E-state index in [1.165, 1.54) is 63.4 Å². The molecule has 282 valence electrons. The average molecular weight is 753 g/mol. The number of ketones is 1. The lowest BCUT2D eigenvalue weighted by Crippen LogP contribution is -2.15. The Kier molecular flexibility index (Phi) is 11.9. The van der Waals surface area contributed by atoms with Crippen molar-refractivity contribution in [3.8, 4) is 34.1 Å². The Morgan fingerprint density at radius 3 is 1.96 bits per heavy atom. The van der Waals surface area contributed by atoms with Crippen molar-refractivity contribution in [1.29, 1.82) is 0 Å². The molecule has 55 heavy (non-hydrogen) atoms. The zero-order chi connectivity index (χ0) is 38.2. The van der Waals surface area contributed by atoms with Crippen molar-refractivity contribution in [3.63, 3.8) is 0 Å². The molecule has 0 bridgehead atoms. The SMILES string of the molecule is CCCCCCCCCCCCc1ccc(Oc2cc(Nc3ccccc3)c3c4c(nc(-c5ccccc5NS(C)(=O)=O)nc24)-c2ccccc2C3=O)cc1. The van der Waals surface area contributed by atoms with Gasteiger partial charge >= 0.3 is 0 Å². The van der Waals surface area contributed by atoms with Gasteiger partial charge < -0.3 is 10.1 Å². The first-order valence-corrected chi connectivity index (χ1v) is 21.4. The van der Waals surface area contributed by atoms with Crippen LogP contribution >= 0.6 is 0 Å². The number of benzene rings is 5. The molecule has 0 unspecified atom stereocenters. The Morgan fingerprint density at radius 2 is 1.27 bits per heavy atom. The number of anilines is 3. The van der Waals surface area contributed by atoms with E-state index >= 15 is 0 Å². The number of unbranched alkanes of at least 4 members (excludes halogenated alkanes) is 9. The number of fused-ring (bicyclic) bond motifs is 2. The lowest BCUT2D eigenvalue weighted by atomic mass is 9.85. The largest absolute Gasteiger partial charge is 0.455 e. The van der Waals surface area contributed by atoms with E-state index in [-0.39, 0.29) is 5.78 Å². The van der Waals surface area contributed by atoms with Crippen molar-refractivity contribution >= 4 is 43.8 Å². The summed E-state index contributed by atoms with van der Waals surface area (Å²) in [6, 6.07) is 34.2. The van der Waals surface area contributed by atoms with Crippen LogP contribution in [0.25, 0.3) is 33.5 Å². The summed E-state index contributed by atoms with van der Waals surface area (Å²) in [5, 5.41) is 4.04. The number of carbonyl (C=O) groups excluding carboxylic acids is 1. The molecule has 8 nitrogen and oxygen atoms in total. The molecule has 1 aliphatic rings. The van der Waals surface area contributed by atoms with E-state index in [1.807, 2.05) is 72.8 Å². The Bertz CT molecular complexity index is 2400. The number of nitrogens with zero attached hydrogens (tertiary/aromatic N) is 2. The molecule has 1 heterocycles. The number of aromatic nitrogens is 2. The molecule has 0 spiro atoms. The molecule has 9 heteroatoms. The highest BCUT2D eigenvalue weighted by Crippen LogP contribution is 2.47. The molecule has 0 aliphatic heterocycles. The molecule has 7 rings (SSSR count). The number of para-hydroxylation sites is 2. The molecule has 0 saturated heterocycles. The monoisotopic (exact) mass is 752 g/mol. The van der Waals surface area contributed by atoms with Crippen LogP contribution < -0.4 is 14.8 Å². The van der Waals surface area contributed by atoms with Crippen LogP contribution in [0, 0.1) is 0 Å². The van der Waals surface area contributed by atoms with Gasteiger partial charge in [-0.05, 0) is 54.8 Å². The van der Waals surface area contributed by atoms with Crippen LogP contribution in [0.5, 0.6) is 11.5 Å². The number of hydrogen-bond acceptors (Lipinski definition) is 7. The summed E-state index contributed by atoms with van der Waals surface area (Å²) in [7, 11) is -3.60. The average Bonchev–Trinajstić information content (AvgIpc) is 3.18. The van der Waals surface area contributed by atoms with Gasteiger partial charge in [0.15, 0.2) is 17.4 Å². The Labute approximate surface area is 324 Å². The minimum absolute atomic E-state index is 0.148. The topological polar surface area (TPSA) is 110 Å². The standard InChI is InChI=1S/C46H48N4O4S/c1-3-4-5-6-7-8-9-10-11-13-20-32-27-29-34(30-28-32)54-40-31-39(47-33-21-14-12-15-22-33)41-42-43(35-23-16-17-24-36(35)45(41)51)48-46(49-44(40)42)37-25-18-19-26-38(37)50-55(2,52)53/h12,14-19,21-31,47,50H,3-11,13,20H2,1-2H3. The van der Waals surface area contributed by atoms with Gasteiger partial charge in [0.25, 0.3) is 0 Å². The lowest BCUT2D eigenvalue weighted by molar-refractivity contribution is 0.104. The fourth-order valence-corrected chi connectivity index (χ4v) is 7.92. The summed E-state index contributed by atoms with van der Waals surface area (Å²) in [5.74, 6) is 1.22. The van der Waals surface area contributed by atoms with Crippen molar-refractivity contribution in [3.05, 3.63) is 126 Å². The summed E-state index contributed by atoms with van der Waals surface area (Å²) in [6.45, 7) is 2.26. The van der Waals surface area contributed by atoms with Crippen LogP contribution in [0.3, 0.4) is 0 Å². The molecule has 0 amide bonds. The molecular weight excluding hydrogens is 705 g/mol. The number of ether oxygens (including phenoxy) is 1. The van der Waals surface area contributed by atoms with Gasteiger partial charge in [0.05, 0.1) is 28.9 Å². The van der Waals surface area contributed by atoms with Crippen LogP contribution in [0.15, 0.2) is 109 Å². The van der Waals surface area contributed by atoms with Crippen molar-refractivity contribution < 1.29 is 17.9 Å². The van der Waals surface area contributed by atoms with Crippen molar-refractivity contribution in [1.82, 2.24) is 9.97 Å². The Morgan fingerprint density at radius 1 is 0.655 bits per heavy atom. The third kappa shape index (κ3) is 9.06. The zero-order valence-corrected chi connectivity index (χ0v) is 32.4. The number of nitrogens with one attached hydrogen (secondary N) is 2. The van der Waals surface area contributed by atoms with Gasteiger partial charge in [-0.1, -0.05) is 131 Å². The predicted molar refractivity (Wildman–Crippen MR) is 224 cm³/mol. The van der Waals surface area contributed by atoms with E-state index in [2.05, 4.69) is 29.1 Å². The van der Waals surface area contributed by atoms with E-state index in [1.54, 1.807) is 24.3 Å². The van der Waals surface area contributed by atoms with Crippen molar-refractivity contribution in [2.45, 2.75) is 77.6 Å². The van der Waals surface area contributed by atoms with E-state index in [4.69, 9.17) is 14.7 Å². The molecule has 1 aliphatic carbocycles. The first-order valence-electron chi connectivity index (χ1n) is 19.5. The second kappa shape index (κ2) is 17.3. The summed E-state index contributed by atoms with van der Waals surface area (Å²) < 4.78 is 34.0. The molecular formula is C46H48N4O4S. The first kappa shape index (κ1) is 37.8. The normalized spacial score (nSPS) is 12.1. The van der Waals surface area contributed by atoms with E-state index in [0.29, 0.717) is 67.5 Å². The molecule has 0 saturated carbocycles. The van der Waals surface area contributed by atoms with Crippen LogP contribution in [0.4, 0.5) is 17.1 Å². The zero-order valence-electron chi connectivity index (χ0n) is 31.6. The smallest absolute Gasteiger partial charge is 0.229 e. The van der Waals surface area contributed by atoms with Gasteiger partial charge in [-0.2, -0.15) is 0 Å². The maximum absolute atomic E-state index is 14.4. The van der Waals surface area contributed by atoms with Gasteiger partial charge in [0, 0.05) is 33.8 Å². The maximum atomic E-state index is 14.4. The van der Waals surface area contributed by atoms with E-state index in [9.17, 15) is 13.2 Å². The van der Waals surface area contributed by atoms with Gasteiger partial charge in [-0.25, -0.2) is 18.4 Å².